The van der Waals surface area contributed by atoms with Crippen LogP contribution in [-0.4, -0.2) is 71.5 Å². The van der Waals surface area contributed by atoms with E-state index in [-0.39, 0.29) is 25.1 Å². The number of benzene rings is 2. The lowest BCUT2D eigenvalue weighted by Crippen LogP contribution is -2.57. The van der Waals surface area contributed by atoms with E-state index in [1.165, 1.54) is 28.4 Å². The van der Waals surface area contributed by atoms with Crippen molar-refractivity contribution in [3.63, 3.8) is 0 Å². The predicted molar refractivity (Wildman–Crippen MR) is 184 cm³/mol. The molecule has 4 aliphatic rings. The third-order valence-electron chi connectivity index (χ3n) is 9.92. The monoisotopic (exact) mass is 745 g/mol. The summed E-state index contributed by atoms with van der Waals surface area (Å²) in [4.78, 5) is 48.2. The molecule has 2 aliphatic carbocycles. The van der Waals surface area contributed by atoms with E-state index in [4.69, 9.17) is 4.74 Å². The molecule has 11 nitrogen and oxygen atoms in total. The number of hydrogen-bond donors (Lipinski definition) is 3. The number of sulfonamides is 1. The van der Waals surface area contributed by atoms with Crippen LogP contribution in [0.3, 0.4) is 0 Å². The van der Waals surface area contributed by atoms with E-state index in [1.54, 1.807) is 0 Å². The third kappa shape index (κ3) is 7.71. The van der Waals surface area contributed by atoms with Gasteiger partial charge in [0, 0.05) is 18.0 Å². The number of anilines is 1. The van der Waals surface area contributed by atoms with Crippen molar-refractivity contribution in [2.45, 2.75) is 92.9 Å². The fraction of sp³-hybridized carbons (Fsp3) is 0.486. The van der Waals surface area contributed by atoms with Crippen molar-refractivity contribution in [3.05, 3.63) is 66.2 Å². The molecule has 51 heavy (non-hydrogen) atoms. The number of alkyl halides is 3. The van der Waals surface area contributed by atoms with E-state index < -0.39 is 74.4 Å². The van der Waals surface area contributed by atoms with E-state index in [1.807, 2.05) is 36.4 Å². The minimum Gasteiger partial charge on any atom is -0.465 e. The van der Waals surface area contributed by atoms with Gasteiger partial charge in [-0.15, -0.1) is 0 Å². The van der Waals surface area contributed by atoms with Gasteiger partial charge in [-0.1, -0.05) is 54.5 Å². The van der Waals surface area contributed by atoms with Gasteiger partial charge in [0.1, 0.15) is 23.7 Å². The molecule has 3 heterocycles. The second kappa shape index (κ2) is 13.7. The number of carbonyl (C=O) groups is 3. The lowest BCUT2D eigenvalue weighted by Gasteiger charge is -2.30. The Morgan fingerprint density at radius 2 is 1.86 bits per heavy atom. The van der Waals surface area contributed by atoms with Crippen molar-refractivity contribution in [1.82, 2.24) is 19.9 Å². The summed E-state index contributed by atoms with van der Waals surface area (Å²) in [5.74, 6) is -2.42. The van der Waals surface area contributed by atoms with Crippen LogP contribution < -0.4 is 20.1 Å². The van der Waals surface area contributed by atoms with Crippen molar-refractivity contribution in [2.24, 2.45) is 5.92 Å². The van der Waals surface area contributed by atoms with Crippen LogP contribution in [0.1, 0.15) is 63.4 Å². The summed E-state index contributed by atoms with van der Waals surface area (Å²) < 4.78 is 75.5. The zero-order valence-corrected chi connectivity index (χ0v) is 29.2. The third-order valence-corrected chi connectivity index (χ3v) is 12.7. The van der Waals surface area contributed by atoms with Gasteiger partial charge < -0.3 is 20.3 Å². The molecule has 5 atom stereocenters. The summed E-state index contributed by atoms with van der Waals surface area (Å²) in [5.41, 5.74) is -1.55. The minimum absolute atomic E-state index is 0.0216. The molecule has 2 aliphatic heterocycles. The average molecular weight is 746 g/mol. The Morgan fingerprint density at radius 1 is 1.06 bits per heavy atom. The number of allylic oxidation sites excluding steroid dienone is 1. The SMILES string of the molecule is O=C1N[C@]2(C(=O)NS(=O)(=O)C3CC3)C[C@@H]2/C=C\CCCCC[C@H](Nc2cccc(C(F)(F)F)c2)C(=O)N2C[C@H](Oc3nc4ccccc4s3)C[C@@H]12. The number of para-hydroxylation sites is 1. The zero-order chi connectivity index (χ0) is 36.0. The van der Waals surface area contributed by atoms with Crippen LogP contribution in [0.25, 0.3) is 10.2 Å². The number of rotatable bonds is 7. The van der Waals surface area contributed by atoms with Gasteiger partial charge in [-0.05, 0) is 68.9 Å². The van der Waals surface area contributed by atoms with Crippen LogP contribution in [0.2, 0.25) is 0 Å². The number of carbonyl (C=O) groups excluding carboxylic acids is 3. The van der Waals surface area contributed by atoms with Gasteiger partial charge in [-0.2, -0.15) is 13.2 Å². The first-order valence-corrected chi connectivity index (χ1v) is 19.5. The molecule has 3 amide bonds. The molecule has 16 heteroatoms. The van der Waals surface area contributed by atoms with Crippen LogP contribution >= 0.6 is 11.3 Å². The number of thiazole rings is 1. The van der Waals surface area contributed by atoms with Crippen molar-refractivity contribution in [3.8, 4) is 5.19 Å². The Hall–Kier alpha value is -4.18. The molecule has 272 valence electrons. The van der Waals surface area contributed by atoms with E-state index in [2.05, 4.69) is 20.3 Å². The number of nitrogens with zero attached hydrogens (tertiary/aromatic N) is 2. The molecule has 3 aromatic rings. The second-order valence-electron chi connectivity index (χ2n) is 13.7. The molecular weight excluding hydrogens is 708 g/mol. The maximum Gasteiger partial charge on any atom is 0.416 e. The zero-order valence-electron chi connectivity index (χ0n) is 27.5. The molecule has 2 saturated carbocycles. The van der Waals surface area contributed by atoms with Gasteiger partial charge in [0.2, 0.25) is 21.8 Å². The van der Waals surface area contributed by atoms with E-state index in [0.29, 0.717) is 37.3 Å². The smallest absolute Gasteiger partial charge is 0.416 e. The first-order valence-electron chi connectivity index (χ1n) is 17.1. The molecule has 3 fully saturated rings. The molecule has 1 aromatic heterocycles. The summed E-state index contributed by atoms with van der Waals surface area (Å²) >= 11 is 1.32. The molecule has 1 saturated heterocycles. The minimum atomic E-state index is -4.58. The Labute approximate surface area is 297 Å². The first-order chi connectivity index (χ1) is 24.3. The van der Waals surface area contributed by atoms with Gasteiger partial charge in [0.15, 0.2) is 0 Å². The highest BCUT2D eigenvalue weighted by molar-refractivity contribution is 7.91. The molecule has 0 radical (unpaired) electrons. The van der Waals surface area contributed by atoms with Crippen LogP contribution in [0.15, 0.2) is 60.7 Å². The highest BCUT2D eigenvalue weighted by atomic mass is 32.2. The molecule has 2 aromatic carbocycles. The van der Waals surface area contributed by atoms with E-state index in [9.17, 15) is 36.0 Å². The Bertz CT molecular complexity index is 1930. The number of halogens is 3. The summed E-state index contributed by atoms with van der Waals surface area (Å²) in [6, 6.07) is 9.99. The fourth-order valence-electron chi connectivity index (χ4n) is 6.88. The van der Waals surface area contributed by atoms with Gasteiger partial charge in [-0.25, -0.2) is 13.4 Å². The highest BCUT2D eigenvalue weighted by Gasteiger charge is 2.62. The van der Waals surface area contributed by atoms with Crippen molar-refractivity contribution in [1.29, 1.82) is 0 Å². The topological polar surface area (TPSA) is 147 Å². The average Bonchev–Trinajstić information content (AvgIpc) is 3.98. The number of nitrogens with one attached hydrogen (secondary N) is 3. The summed E-state index contributed by atoms with van der Waals surface area (Å²) in [5, 5.41) is 5.55. The van der Waals surface area contributed by atoms with Crippen LogP contribution in [0, 0.1) is 5.92 Å². The van der Waals surface area contributed by atoms with E-state index >= 15 is 0 Å². The van der Waals surface area contributed by atoms with Crippen LogP contribution in [-0.2, 0) is 30.6 Å². The maximum atomic E-state index is 14.4. The number of hydrogen-bond acceptors (Lipinski definition) is 9. The number of amides is 3. The molecule has 0 unspecified atom stereocenters. The standard InChI is InChI=1S/C35H38F3N5O6S2/c36-35(37,38)21-10-8-11-23(17-21)39-27-13-5-3-1-2-4-9-22-19-34(22,32(46)42-51(47,48)25-15-16-25)41-30(44)28-18-24(20-43(28)31(27)45)49-33-40-26-12-6-7-14-29(26)50-33/h4,6-12,14,17,22,24-25,27-28,39H,1-3,5,13,15-16,18-20H2,(H,41,44)(H,42,46)/b9-4-/t22-,24+,27-,28-,34+/m0/s1. The number of aromatic nitrogens is 1. The molecule has 3 N–H and O–H groups in total. The Kier molecular flexibility index (Phi) is 9.50. The molecule has 0 bridgehead atoms. The quantitative estimate of drug-likeness (QED) is 0.282. The lowest BCUT2D eigenvalue weighted by atomic mass is 10.0. The highest BCUT2D eigenvalue weighted by Crippen LogP contribution is 2.46. The second-order valence-corrected chi connectivity index (χ2v) is 16.7. The first kappa shape index (κ1) is 35.2. The normalized spacial score (nSPS) is 28.1. The van der Waals surface area contributed by atoms with Gasteiger partial charge >= 0.3 is 6.18 Å². The summed E-state index contributed by atoms with van der Waals surface area (Å²) in [7, 11) is -3.90. The van der Waals surface area contributed by atoms with Crippen LogP contribution in [0.5, 0.6) is 5.19 Å². The predicted octanol–water partition coefficient (Wildman–Crippen LogP) is 5.15. The summed E-state index contributed by atoms with van der Waals surface area (Å²) in [6.07, 6.45) is 2.63. The van der Waals surface area contributed by atoms with Crippen molar-refractivity contribution in [2.75, 3.05) is 11.9 Å². The molecular formula is C35H38F3N5O6S2. The van der Waals surface area contributed by atoms with Gasteiger partial charge in [0.05, 0.1) is 27.6 Å². The Morgan fingerprint density at radius 3 is 2.63 bits per heavy atom. The van der Waals surface area contributed by atoms with Crippen molar-refractivity contribution >= 4 is 55.0 Å². The van der Waals surface area contributed by atoms with Gasteiger partial charge in [-0.3, -0.25) is 19.1 Å². The van der Waals surface area contributed by atoms with Crippen LogP contribution in [0.4, 0.5) is 18.9 Å². The largest absolute Gasteiger partial charge is 0.465 e. The summed E-state index contributed by atoms with van der Waals surface area (Å²) in [6.45, 7) is -0.0216. The van der Waals surface area contributed by atoms with E-state index in [0.717, 1.165) is 35.2 Å². The number of fused-ring (bicyclic) bond motifs is 3. The molecule has 0 spiro atoms. The maximum absolute atomic E-state index is 14.4. The number of ether oxygens (including phenoxy) is 1. The van der Waals surface area contributed by atoms with Crippen molar-refractivity contribution < 1.29 is 40.7 Å². The lowest BCUT2D eigenvalue weighted by molar-refractivity contribution is -0.140. The molecule has 7 rings (SSSR count). The Balaban J connectivity index is 1.19. The van der Waals surface area contributed by atoms with Gasteiger partial charge in [0.25, 0.3) is 11.1 Å². The fourth-order valence-corrected chi connectivity index (χ4v) is 9.12.